The van der Waals surface area contributed by atoms with Crippen LogP contribution in [0, 0.1) is 5.92 Å². The van der Waals surface area contributed by atoms with Crippen LogP contribution in [0.2, 0.25) is 0 Å². The molecular weight excluding hydrogens is 264 g/mol. The Morgan fingerprint density at radius 1 is 1.47 bits per heavy atom. The molecule has 106 valence electrons. The summed E-state index contributed by atoms with van der Waals surface area (Å²) in [5.41, 5.74) is 0. The molecule has 1 unspecified atom stereocenters. The van der Waals surface area contributed by atoms with E-state index >= 15 is 0 Å². The van der Waals surface area contributed by atoms with Crippen molar-refractivity contribution in [3.8, 4) is 5.75 Å². The summed E-state index contributed by atoms with van der Waals surface area (Å²) >= 11 is 0. The van der Waals surface area contributed by atoms with Crippen molar-refractivity contribution in [3.05, 3.63) is 24.3 Å². The molecule has 2 rings (SSSR count). The number of ether oxygens (including phenoxy) is 1. The van der Waals surface area contributed by atoms with Gasteiger partial charge in [0.05, 0.1) is 11.5 Å². The van der Waals surface area contributed by atoms with Gasteiger partial charge in [-0.2, -0.15) is 0 Å². The van der Waals surface area contributed by atoms with Gasteiger partial charge >= 0.3 is 0 Å². The van der Waals surface area contributed by atoms with Crippen LogP contribution < -0.4 is 14.8 Å². The lowest BCUT2D eigenvalue weighted by Gasteiger charge is -2.11. The molecular formula is C13H20N2O3S. The predicted octanol–water partition coefficient (Wildman–Crippen LogP) is 0.973. The molecule has 0 amide bonds. The van der Waals surface area contributed by atoms with Gasteiger partial charge in [-0.05, 0) is 44.5 Å². The van der Waals surface area contributed by atoms with Gasteiger partial charge in [0.25, 0.3) is 0 Å². The molecule has 0 aromatic heterocycles. The molecule has 1 atom stereocenters. The highest BCUT2D eigenvalue weighted by Crippen LogP contribution is 2.17. The fraction of sp³-hybridized carbons (Fsp3) is 0.538. The molecule has 1 heterocycles. The zero-order valence-corrected chi connectivity index (χ0v) is 11.9. The Kier molecular flexibility index (Phi) is 4.79. The van der Waals surface area contributed by atoms with E-state index in [2.05, 4.69) is 10.0 Å². The minimum Gasteiger partial charge on any atom is -0.494 e. The third-order valence-electron chi connectivity index (χ3n) is 3.15. The van der Waals surface area contributed by atoms with E-state index in [1.165, 1.54) is 0 Å². The van der Waals surface area contributed by atoms with Crippen molar-refractivity contribution in [2.45, 2.75) is 18.2 Å². The third kappa shape index (κ3) is 3.92. The fourth-order valence-electron chi connectivity index (χ4n) is 2.10. The summed E-state index contributed by atoms with van der Waals surface area (Å²) in [5.74, 6) is 0.956. The van der Waals surface area contributed by atoms with Crippen molar-refractivity contribution in [2.24, 2.45) is 5.92 Å². The van der Waals surface area contributed by atoms with Gasteiger partial charge in [0.1, 0.15) is 5.75 Å². The van der Waals surface area contributed by atoms with E-state index in [9.17, 15) is 8.42 Å². The maximum atomic E-state index is 12.2. The number of sulfonamides is 1. The molecule has 19 heavy (non-hydrogen) atoms. The summed E-state index contributed by atoms with van der Waals surface area (Å²) in [6.07, 6.45) is 1.02. The van der Waals surface area contributed by atoms with Crippen LogP contribution in [0.5, 0.6) is 5.75 Å². The van der Waals surface area contributed by atoms with E-state index in [1.54, 1.807) is 24.3 Å². The monoisotopic (exact) mass is 284 g/mol. The molecule has 0 saturated carbocycles. The van der Waals surface area contributed by atoms with E-state index in [4.69, 9.17) is 4.74 Å². The van der Waals surface area contributed by atoms with Crippen LogP contribution in [0.15, 0.2) is 29.2 Å². The minimum absolute atomic E-state index is 0.254. The first-order valence-corrected chi connectivity index (χ1v) is 8.03. The highest BCUT2D eigenvalue weighted by molar-refractivity contribution is 7.89. The Hall–Kier alpha value is -1.11. The van der Waals surface area contributed by atoms with Crippen molar-refractivity contribution in [2.75, 3.05) is 26.2 Å². The molecule has 1 aliphatic rings. The van der Waals surface area contributed by atoms with Gasteiger partial charge in [-0.25, -0.2) is 13.1 Å². The van der Waals surface area contributed by atoms with Crippen molar-refractivity contribution in [3.63, 3.8) is 0 Å². The smallest absolute Gasteiger partial charge is 0.240 e. The summed E-state index contributed by atoms with van der Waals surface area (Å²) in [5, 5.41) is 3.22. The number of nitrogens with one attached hydrogen (secondary N) is 2. The molecule has 1 fully saturated rings. The van der Waals surface area contributed by atoms with E-state index in [1.807, 2.05) is 6.92 Å². The quantitative estimate of drug-likeness (QED) is 0.817. The molecule has 0 aliphatic carbocycles. The molecule has 0 spiro atoms. The SMILES string of the molecule is CCOc1cccc(S(=O)(=O)NCC2CCNC2)c1. The van der Waals surface area contributed by atoms with Crippen LogP contribution in [-0.4, -0.2) is 34.7 Å². The second-order valence-corrected chi connectivity index (χ2v) is 6.39. The standard InChI is InChI=1S/C13H20N2O3S/c1-2-18-12-4-3-5-13(8-12)19(16,17)15-10-11-6-7-14-9-11/h3-5,8,11,14-15H,2,6-7,9-10H2,1H3. The van der Waals surface area contributed by atoms with Gasteiger partial charge in [-0.1, -0.05) is 6.07 Å². The van der Waals surface area contributed by atoms with Crippen LogP contribution in [0.25, 0.3) is 0 Å². The molecule has 5 nitrogen and oxygen atoms in total. The second kappa shape index (κ2) is 6.36. The Bertz CT molecular complexity index is 510. The first-order valence-electron chi connectivity index (χ1n) is 6.55. The fourth-order valence-corrected chi connectivity index (χ4v) is 3.25. The van der Waals surface area contributed by atoms with E-state index in [0.29, 0.717) is 24.8 Å². The molecule has 0 radical (unpaired) electrons. The van der Waals surface area contributed by atoms with Crippen molar-refractivity contribution in [1.29, 1.82) is 0 Å². The molecule has 1 aromatic rings. The van der Waals surface area contributed by atoms with E-state index in [0.717, 1.165) is 19.5 Å². The van der Waals surface area contributed by atoms with Gasteiger partial charge in [-0.15, -0.1) is 0 Å². The summed E-state index contributed by atoms with van der Waals surface area (Å²) < 4.78 is 32.3. The summed E-state index contributed by atoms with van der Waals surface area (Å²) in [7, 11) is -3.45. The van der Waals surface area contributed by atoms with E-state index < -0.39 is 10.0 Å². The molecule has 2 N–H and O–H groups in total. The first-order chi connectivity index (χ1) is 9.12. The molecule has 1 aromatic carbocycles. The average molecular weight is 284 g/mol. The van der Waals surface area contributed by atoms with Crippen molar-refractivity contribution in [1.82, 2.24) is 10.0 Å². The zero-order valence-electron chi connectivity index (χ0n) is 11.1. The average Bonchev–Trinajstić information content (AvgIpc) is 2.90. The van der Waals surface area contributed by atoms with Crippen LogP contribution in [-0.2, 0) is 10.0 Å². The maximum absolute atomic E-state index is 12.2. The third-order valence-corrected chi connectivity index (χ3v) is 4.57. The van der Waals surface area contributed by atoms with Crippen LogP contribution >= 0.6 is 0 Å². The van der Waals surface area contributed by atoms with Gasteiger partial charge in [0.15, 0.2) is 0 Å². The Balaban J connectivity index is 2.03. The number of benzene rings is 1. The van der Waals surface area contributed by atoms with Gasteiger partial charge in [-0.3, -0.25) is 0 Å². The van der Waals surface area contributed by atoms with Crippen LogP contribution in [0.3, 0.4) is 0 Å². The summed E-state index contributed by atoms with van der Waals surface area (Å²) in [6.45, 7) is 4.71. The normalized spacial score (nSPS) is 19.5. The highest BCUT2D eigenvalue weighted by atomic mass is 32.2. The largest absolute Gasteiger partial charge is 0.494 e. The number of rotatable bonds is 6. The molecule has 6 heteroatoms. The zero-order chi connectivity index (χ0) is 13.7. The van der Waals surface area contributed by atoms with Crippen LogP contribution in [0.4, 0.5) is 0 Å². The summed E-state index contributed by atoms with van der Waals surface area (Å²) in [6, 6.07) is 6.58. The Labute approximate surface area is 114 Å². The number of hydrogen-bond donors (Lipinski definition) is 2. The maximum Gasteiger partial charge on any atom is 0.240 e. The lowest BCUT2D eigenvalue weighted by molar-refractivity contribution is 0.339. The van der Waals surface area contributed by atoms with Crippen molar-refractivity contribution < 1.29 is 13.2 Å². The van der Waals surface area contributed by atoms with Gasteiger partial charge in [0, 0.05) is 12.6 Å². The van der Waals surface area contributed by atoms with Crippen molar-refractivity contribution >= 4 is 10.0 Å². The van der Waals surface area contributed by atoms with Gasteiger partial charge in [0.2, 0.25) is 10.0 Å². The predicted molar refractivity (Wildman–Crippen MR) is 73.8 cm³/mol. The molecule has 0 bridgehead atoms. The summed E-state index contributed by atoms with van der Waals surface area (Å²) in [4.78, 5) is 0.254. The minimum atomic E-state index is -3.45. The van der Waals surface area contributed by atoms with E-state index in [-0.39, 0.29) is 4.90 Å². The number of hydrogen-bond acceptors (Lipinski definition) is 4. The lowest BCUT2D eigenvalue weighted by atomic mass is 10.1. The second-order valence-electron chi connectivity index (χ2n) is 4.62. The molecule has 1 aliphatic heterocycles. The Morgan fingerprint density at radius 3 is 3.00 bits per heavy atom. The highest BCUT2D eigenvalue weighted by Gasteiger charge is 2.19. The Morgan fingerprint density at radius 2 is 2.32 bits per heavy atom. The topological polar surface area (TPSA) is 67.4 Å². The lowest BCUT2D eigenvalue weighted by Crippen LogP contribution is -2.30. The van der Waals surface area contributed by atoms with Crippen LogP contribution in [0.1, 0.15) is 13.3 Å². The molecule has 1 saturated heterocycles. The van der Waals surface area contributed by atoms with Gasteiger partial charge < -0.3 is 10.1 Å². The first kappa shape index (κ1) is 14.3.